The molecule has 7 nitrogen and oxygen atoms in total. The smallest absolute Gasteiger partial charge is 0.349 e. The van der Waals surface area contributed by atoms with Gasteiger partial charge in [0.05, 0.1) is 19.3 Å². The van der Waals surface area contributed by atoms with Crippen LogP contribution in [0.25, 0.3) is 0 Å². The fraction of sp³-hybridized carbons (Fsp3) is 0.429. The summed E-state index contributed by atoms with van der Waals surface area (Å²) in [6.45, 7) is 5.77. The van der Waals surface area contributed by atoms with Gasteiger partial charge in [0, 0.05) is 24.0 Å². The van der Waals surface area contributed by atoms with Crippen LogP contribution in [-0.2, 0) is 27.4 Å². The molecule has 3 atom stereocenters. The van der Waals surface area contributed by atoms with E-state index < -0.39 is 5.79 Å². The third-order valence-corrected chi connectivity index (χ3v) is 7.16. The molecule has 2 aromatic carbocycles. The van der Waals surface area contributed by atoms with Crippen LogP contribution in [0.15, 0.2) is 65.6 Å². The molecule has 0 N–H and O–H groups in total. The van der Waals surface area contributed by atoms with Gasteiger partial charge in [0.25, 0.3) is 0 Å². The minimum Gasteiger partial charge on any atom is -0.356 e. The van der Waals surface area contributed by atoms with Gasteiger partial charge in [-0.05, 0) is 55.7 Å². The number of fused-ring (bicyclic) bond motifs is 5. The molecule has 35 heavy (non-hydrogen) atoms. The van der Waals surface area contributed by atoms with Crippen molar-refractivity contribution >= 4 is 11.5 Å². The van der Waals surface area contributed by atoms with E-state index in [2.05, 4.69) is 40.2 Å². The van der Waals surface area contributed by atoms with Gasteiger partial charge >= 0.3 is 5.69 Å². The standard InChI is InChI=1S/C28H31N3O4/c1-28(2)34-17-20(35-28)12-13-30-15-24-23-14-22(23)21-10-6-7-11-25(21)31(26(24)29-27(30)32)18-33-16-19-8-4-3-5-9-19/h3-11,15,20,22-23H,12-14,16-18H2,1-2H3/t20-,22?,23+/m0/s1. The van der Waals surface area contributed by atoms with Crippen molar-refractivity contribution in [2.45, 2.75) is 63.6 Å². The lowest BCUT2D eigenvalue weighted by molar-refractivity contribution is -0.139. The van der Waals surface area contributed by atoms with Crippen molar-refractivity contribution in [1.29, 1.82) is 0 Å². The Morgan fingerprint density at radius 3 is 2.63 bits per heavy atom. The first kappa shape index (κ1) is 22.5. The van der Waals surface area contributed by atoms with E-state index in [1.165, 1.54) is 5.56 Å². The zero-order valence-electron chi connectivity index (χ0n) is 20.2. The molecule has 7 heteroatoms. The third kappa shape index (κ3) is 4.51. The minimum absolute atomic E-state index is 0.0171. The predicted molar refractivity (Wildman–Crippen MR) is 133 cm³/mol. The van der Waals surface area contributed by atoms with Gasteiger partial charge in [-0.2, -0.15) is 4.98 Å². The molecule has 1 aliphatic carbocycles. The second kappa shape index (κ2) is 8.90. The van der Waals surface area contributed by atoms with E-state index >= 15 is 0 Å². The molecule has 3 aromatic rings. The third-order valence-electron chi connectivity index (χ3n) is 7.16. The van der Waals surface area contributed by atoms with Crippen LogP contribution in [0.1, 0.15) is 55.2 Å². The zero-order chi connectivity index (χ0) is 24.0. The van der Waals surface area contributed by atoms with Gasteiger partial charge in [0.1, 0.15) is 12.5 Å². The number of nitrogens with zero attached hydrogens (tertiary/aromatic N) is 3. The summed E-state index contributed by atoms with van der Waals surface area (Å²) in [5.74, 6) is 0.978. The maximum atomic E-state index is 13.1. The number of ether oxygens (including phenoxy) is 3. The molecule has 1 aromatic heterocycles. The molecule has 1 saturated carbocycles. The molecule has 1 unspecified atom stereocenters. The first-order valence-corrected chi connectivity index (χ1v) is 12.4. The van der Waals surface area contributed by atoms with Crippen molar-refractivity contribution in [1.82, 2.24) is 9.55 Å². The first-order valence-electron chi connectivity index (χ1n) is 12.4. The van der Waals surface area contributed by atoms with Gasteiger partial charge in [0.2, 0.25) is 0 Å². The summed E-state index contributed by atoms with van der Waals surface area (Å²) >= 11 is 0. The first-order chi connectivity index (χ1) is 17.0. The normalized spacial score (nSPS) is 23.8. The molecule has 0 amide bonds. The minimum atomic E-state index is -0.561. The van der Waals surface area contributed by atoms with Crippen molar-refractivity contribution in [2.75, 3.05) is 18.2 Å². The molecule has 2 aliphatic heterocycles. The number of para-hydroxylation sites is 1. The topological polar surface area (TPSA) is 65.8 Å². The summed E-state index contributed by atoms with van der Waals surface area (Å²) < 4.78 is 19.5. The van der Waals surface area contributed by atoms with Crippen LogP contribution in [0.2, 0.25) is 0 Å². The number of rotatable bonds is 7. The number of aryl methyl sites for hydroxylation is 1. The highest BCUT2D eigenvalue weighted by atomic mass is 16.7. The van der Waals surface area contributed by atoms with Crippen LogP contribution in [0.3, 0.4) is 0 Å². The second-order valence-corrected chi connectivity index (χ2v) is 10.1. The fourth-order valence-electron chi connectivity index (χ4n) is 5.33. The average molecular weight is 474 g/mol. The fourth-order valence-corrected chi connectivity index (χ4v) is 5.33. The van der Waals surface area contributed by atoms with Crippen LogP contribution in [-0.4, -0.2) is 34.8 Å². The molecule has 3 heterocycles. The van der Waals surface area contributed by atoms with Crippen LogP contribution >= 0.6 is 0 Å². The Bertz CT molecular complexity index is 1270. The van der Waals surface area contributed by atoms with E-state index in [4.69, 9.17) is 14.2 Å². The Morgan fingerprint density at radius 2 is 1.83 bits per heavy atom. The maximum Gasteiger partial charge on any atom is 0.349 e. The van der Waals surface area contributed by atoms with Crippen LogP contribution in [0.4, 0.5) is 11.5 Å². The maximum absolute atomic E-state index is 13.1. The van der Waals surface area contributed by atoms with E-state index in [9.17, 15) is 4.79 Å². The van der Waals surface area contributed by atoms with Gasteiger partial charge in [0.15, 0.2) is 5.79 Å². The van der Waals surface area contributed by atoms with Crippen molar-refractivity contribution in [3.8, 4) is 0 Å². The van der Waals surface area contributed by atoms with Crippen molar-refractivity contribution in [3.63, 3.8) is 0 Å². The molecular weight excluding hydrogens is 442 g/mol. The van der Waals surface area contributed by atoms with Crippen LogP contribution in [0, 0.1) is 0 Å². The van der Waals surface area contributed by atoms with Crippen LogP contribution < -0.4 is 10.6 Å². The summed E-state index contributed by atoms with van der Waals surface area (Å²) in [6, 6.07) is 18.6. The monoisotopic (exact) mass is 473 g/mol. The lowest BCUT2D eigenvalue weighted by Crippen LogP contribution is -2.31. The number of anilines is 2. The highest BCUT2D eigenvalue weighted by molar-refractivity contribution is 5.71. The zero-order valence-corrected chi connectivity index (χ0v) is 20.2. The van der Waals surface area contributed by atoms with Crippen molar-refractivity contribution in [2.24, 2.45) is 0 Å². The van der Waals surface area contributed by atoms with E-state index in [0.717, 1.165) is 29.1 Å². The Balaban J connectivity index is 1.28. The van der Waals surface area contributed by atoms with E-state index in [1.54, 1.807) is 4.57 Å². The lowest BCUT2D eigenvalue weighted by Gasteiger charge is -2.26. The number of benzene rings is 2. The molecule has 182 valence electrons. The Hall–Kier alpha value is -3.00. The molecule has 0 spiro atoms. The van der Waals surface area contributed by atoms with Gasteiger partial charge in [-0.1, -0.05) is 48.5 Å². The lowest BCUT2D eigenvalue weighted by atomic mass is 10.1. The number of hydrogen-bond donors (Lipinski definition) is 0. The molecular formula is C28H31N3O4. The number of hydrogen-bond acceptors (Lipinski definition) is 6. The largest absolute Gasteiger partial charge is 0.356 e. The van der Waals surface area contributed by atoms with Crippen molar-refractivity contribution < 1.29 is 14.2 Å². The summed E-state index contributed by atoms with van der Waals surface area (Å²) in [5.41, 5.74) is 4.37. The van der Waals surface area contributed by atoms with Gasteiger partial charge in [-0.25, -0.2) is 4.79 Å². The summed E-state index contributed by atoms with van der Waals surface area (Å²) in [6.07, 6.45) is 3.79. The SMILES string of the molecule is CC1(C)OC[C@H](CCn2cc3c(nc2=O)N(COCc2ccccc2)c2ccccc2C2C[C@@H]32)O1. The summed E-state index contributed by atoms with van der Waals surface area (Å²) in [4.78, 5) is 19.8. The molecule has 0 radical (unpaired) electrons. The Labute approximate surface area is 205 Å². The Morgan fingerprint density at radius 1 is 1.06 bits per heavy atom. The number of aromatic nitrogens is 2. The van der Waals surface area contributed by atoms with Gasteiger partial charge in [-0.3, -0.25) is 4.57 Å². The quantitative estimate of drug-likeness (QED) is 0.496. The Kier molecular flexibility index (Phi) is 5.71. The molecule has 2 fully saturated rings. The van der Waals surface area contributed by atoms with Gasteiger partial charge < -0.3 is 19.1 Å². The molecule has 6 rings (SSSR count). The van der Waals surface area contributed by atoms with Gasteiger partial charge in [-0.15, -0.1) is 0 Å². The second-order valence-electron chi connectivity index (χ2n) is 10.1. The molecule has 1 saturated heterocycles. The summed E-state index contributed by atoms with van der Waals surface area (Å²) in [5, 5.41) is 0. The van der Waals surface area contributed by atoms with Crippen LogP contribution in [0.5, 0.6) is 0 Å². The predicted octanol–water partition coefficient (Wildman–Crippen LogP) is 4.68. The van der Waals surface area contributed by atoms with E-state index in [-0.39, 0.29) is 11.8 Å². The van der Waals surface area contributed by atoms with Crippen molar-refractivity contribution in [3.05, 3.63) is 88.0 Å². The average Bonchev–Trinajstić information content (AvgIpc) is 3.58. The van der Waals surface area contributed by atoms with E-state index in [0.29, 0.717) is 44.7 Å². The molecule has 3 aliphatic rings. The van der Waals surface area contributed by atoms with E-state index in [1.807, 2.05) is 44.3 Å². The summed E-state index contributed by atoms with van der Waals surface area (Å²) in [7, 11) is 0. The highest BCUT2D eigenvalue weighted by Gasteiger charge is 2.46. The molecule has 0 bridgehead atoms. The highest BCUT2D eigenvalue weighted by Crippen LogP contribution is 2.60.